The Labute approximate surface area is 190 Å². The fourth-order valence-electron chi connectivity index (χ4n) is 3.72. The lowest BCUT2D eigenvalue weighted by atomic mass is 10.0. The van der Waals surface area contributed by atoms with Crippen molar-refractivity contribution in [2.75, 3.05) is 11.9 Å². The van der Waals surface area contributed by atoms with E-state index in [0.717, 1.165) is 22.8 Å². The smallest absolute Gasteiger partial charge is 0.251 e. The molecule has 1 atom stereocenters. The monoisotopic (exact) mass is 442 g/mol. The molecule has 3 aromatic heterocycles. The number of hydrogen-bond donors (Lipinski definition) is 2. The lowest BCUT2D eigenvalue weighted by Crippen LogP contribution is -2.35. The topological polar surface area (TPSA) is 120 Å². The van der Waals surface area contributed by atoms with E-state index in [4.69, 9.17) is 4.74 Å². The number of carbonyl (C=O) groups is 1. The quantitative estimate of drug-likeness (QED) is 0.467. The van der Waals surface area contributed by atoms with Gasteiger partial charge >= 0.3 is 0 Å². The Morgan fingerprint density at radius 1 is 1.15 bits per heavy atom. The van der Waals surface area contributed by atoms with Gasteiger partial charge in [0.25, 0.3) is 5.91 Å². The highest BCUT2D eigenvalue weighted by atomic mass is 16.5. The highest BCUT2D eigenvalue weighted by Gasteiger charge is 2.24. The highest BCUT2D eigenvalue weighted by Crippen LogP contribution is 2.23. The molecule has 0 bridgehead atoms. The first kappa shape index (κ1) is 20.7. The molecular weight excluding hydrogens is 420 g/mol. The Morgan fingerprint density at radius 2 is 2.09 bits per heavy atom. The van der Waals surface area contributed by atoms with Gasteiger partial charge in [0.15, 0.2) is 11.6 Å². The van der Waals surface area contributed by atoms with Crippen molar-refractivity contribution in [3.05, 3.63) is 83.8 Å². The maximum Gasteiger partial charge on any atom is 0.251 e. The first-order chi connectivity index (χ1) is 16.2. The first-order valence-corrected chi connectivity index (χ1v) is 10.5. The third-order valence-corrected chi connectivity index (χ3v) is 5.46. The summed E-state index contributed by atoms with van der Waals surface area (Å²) in [4.78, 5) is 25.5. The van der Waals surface area contributed by atoms with Crippen LogP contribution in [0.5, 0.6) is 0 Å². The maximum atomic E-state index is 12.9. The summed E-state index contributed by atoms with van der Waals surface area (Å²) in [5.74, 6) is 1.21. The Hall–Kier alpha value is -4.18. The molecule has 0 radical (unpaired) electrons. The summed E-state index contributed by atoms with van der Waals surface area (Å²) in [5, 5.41) is 14.8. The normalized spacial score (nSPS) is 15.0. The fourth-order valence-corrected chi connectivity index (χ4v) is 3.72. The van der Waals surface area contributed by atoms with E-state index in [9.17, 15) is 4.79 Å². The minimum Gasteiger partial charge on any atom is -0.378 e. The SMILES string of the molecule is Cn1c(CNc2cccc(C(=O)N[C@@H]3COCc4cccnc43)c2)nnc1-c1ccncn1. The van der Waals surface area contributed by atoms with Gasteiger partial charge in [-0.05, 0) is 30.3 Å². The molecule has 2 N–H and O–H groups in total. The summed E-state index contributed by atoms with van der Waals surface area (Å²) in [6.07, 6.45) is 4.88. The largest absolute Gasteiger partial charge is 0.378 e. The van der Waals surface area contributed by atoms with E-state index >= 15 is 0 Å². The van der Waals surface area contributed by atoms with Crippen molar-refractivity contribution in [3.63, 3.8) is 0 Å². The lowest BCUT2D eigenvalue weighted by Gasteiger charge is -2.25. The van der Waals surface area contributed by atoms with Crippen molar-refractivity contribution >= 4 is 11.6 Å². The van der Waals surface area contributed by atoms with Crippen LogP contribution in [0.4, 0.5) is 5.69 Å². The Balaban J connectivity index is 1.26. The van der Waals surface area contributed by atoms with Crippen LogP contribution < -0.4 is 10.6 Å². The number of carbonyl (C=O) groups excluding carboxylic acids is 1. The zero-order valence-electron chi connectivity index (χ0n) is 18.0. The number of pyridine rings is 1. The molecule has 33 heavy (non-hydrogen) atoms. The molecule has 4 aromatic rings. The first-order valence-electron chi connectivity index (χ1n) is 10.5. The highest BCUT2D eigenvalue weighted by molar-refractivity contribution is 5.95. The molecule has 5 rings (SSSR count). The average molecular weight is 442 g/mol. The predicted molar refractivity (Wildman–Crippen MR) is 120 cm³/mol. The van der Waals surface area contributed by atoms with Crippen LogP contribution in [-0.2, 0) is 24.9 Å². The second kappa shape index (κ2) is 9.13. The van der Waals surface area contributed by atoms with Crippen LogP contribution in [0.2, 0.25) is 0 Å². The number of fused-ring (bicyclic) bond motifs is 1. The molecule has 0 aliphatic carbocycles. The van der Waals surface area contributed by atoms with Gasteiger partial charge in [0.1, 0.15) is 12.0 Å². The van der Waals surface area contributed by atoms with Gasteiger partial charge in [0.2, 0.25) is 0 Å². The van der Waals surface area contributed by atoms with Crippen molar-refractivity contribution in [3.8, 4) is 11.5 Å². The summed E-state index contributed by atoms with van der Waals surface area (Å²) < 4.78 is 7.49. The summed E-state index contributed by atoms with van der Waals surface area (Å²) in [6.45, 7) is 1.35. The van der Waals surface area contributed by atoms with E-state index in [1.165, 1.54) is 6.33 Å². The molecule has 1 aromatic carbocycles. The van der Waals surface area contributed by atoms with Crippen LogP contribution in [0, 0.1) is 0 Å². The summed E-state index contributed by atoms with van der Waals surface area (Å²) in [5.41, 5.74) is 3.89. The Kier molecular flexibility index (Phi) is 5.73. The number of nitrogens with one attached hydrogen (secondary N) is 2. The molecule has 10 nitrogen and oxygen atoms in total. The van der Waals surface area contributed by atoms with Gasteiger partial charge in [-0.1, -0.05) is 12.1 Å². The number of aromatic nitrogens is 6. The van der Waals surface area contributed by atoms with Crippen LogP contribution in [0.1, 0.15) is 33.5 Å². The Morgan fingerprint density at radius 3 is 2.97 bits per heavy atom. The van der Waals surface area contributed by atoms with Gasteiger partial charge in [-0.3, -0.25) is 9.78 Å². The number of nitrogens with zero attached hydrogens (tertiary/aromatic N) is 6. The minimum absolute atomic E-state index is 0.185. The van der Waals surface area contributed by atoms with Crippen molar-refractivity contribution in [1.82, 2.24) is 35.0 Å². The van der Waals surface area contributed by atoms with Crippen molar-refractivity contribution in [1.29, 1.82) is 0 Å². The number of rotatable bonds is 6. The van der Waals surface area contributed by atoms with Crippen LogP contribution in [0.25, 0.3) is 11.5 Å². The third kappa shape index (κ3) is 4.41. The fraction of sp³-hybridized carbons (Fsp3) is 0.217. The standard InChI is InChI=1S/C23H22N8O2/c1-31-20(29-30-22(31)18-7-9-24-14-27-18)11-26-17-6-2-4-15(10-17)23(32)28-19-13-33-12-16-5-3-8-25-21(16)19/h2-10,14,19,26H,11-13H2,1H3,(H,28,32)/t19-/m1/s1. The van der Waals surface area contributed by atoms with Crippen molar-refractivity contribution in [2.45, 2.75) is 19.2 Å². The molecule has 0 saturated heterocycles. The maximum absolute atomic E-state index is 12.9. The summed E-state index contributed by atoms with van der Waals surface area (Å²) >= 11 is 0. The van der Waals surface area contributed by atoms with E-state index in [-0.39, 0.29) is 11.9 Å². The zero-order valence-corrected chi connectivity index (χ0v) is 18.0. The third-order valence-electron chi connectivity index (χ3n) is 5.46. The molecule has 0 unspecified atom stereocenters. The molecular formula is C23H22N8O2. The number of amides is 1. The average Bonchev–Trinajstić information content (AvgIpc) is 3.24. The van der Waals surface area contributed by atoms with Gasteiger partial charge in [-0.15, -0.1) is 10.2 Å². The lowest BCUT2D eigenvalue weighted by molar-refractivity contribution is 0.0694. The summed E-state index contributed by atoms with van der Waals surface area (Å²) in [7, 11) is 1.89. The van der Waals surface area contributed by atoms with Gasteiger partial charge in [0.05, 0.1) is 31.5 Å². The molecule has 10 heteroatoms. The number of anilines is 1. The van der Waals surface area contributed by atoms with Gasteiger partial charge < -0.3 is 19.9 Å². The van der Waals surface area contributed by atoms with Crippen molar-refractivity contribution in [2.24, 2.45) is 7.05 Å². The number of ether oxygens (including phenoxy) is 1. The molecule has 1 aliphatic rings. The van der Waals surface area contributed by atoms with Crippen molar-refractivity contribution < 1.29 is 9.53 Å². The van der Waals surface area contributed by atoms with Gasteiger partial charge in [-0.2, -0.15) is 0 Å². The van der Waals surface area contributed by atoms with Crippen LogP contribution in [-0.4, -0.2) is 42.2 Å². The predicted octanol–water partition coefficient (Wildman–Crippen LogP) is 2.28. The summed E-state index contributed by atoms with van der Waals surface area (Å²) in [6, 6.07) is 12.7. The second-order valence-electron chi connectivity index (χ2n) is 7.62. The van der Waals surface area contributed by atoms with E-state index in [1.807, 2.05) is 35.9 Å². The van der Waals surface area contributed by atoms with Crippen LogP contribution in [0.3, 0.4) is 0 Å². The van der Waals surface area contributed by atoms with Gasteiger partial charge in [-0.25, -0.2) is 9.97 Å². The molecule has 1 amide bonds. The van der Waals surface area contributed by atoms with E-state index in [2.05, 4.69) is 35.8 Å². The Bertz CT molecular complexity index is 1270. The number of hydrogen-bond acceptors (Lipinski definition) is 8. The molecule has 0 fully saturated rings. The van der Waals surface area contributed by atoms with Crippen LogP contribution in [0.15, 0.2) is 61.2 Å². The van der Waals surface area contributed by atoms with Gasteiger partial charge in [0, 0.05) is 36.3 Å². The van der Waals surface area contributed by atoms with E-state index in [0.29, 0.717) is 36.8 Å². The number of benzene rings is 1. The minimum atomic E-state index is -0.280. The molecule has 4 heterocycles. The molecule has 166 valence electrons. The van der Waals surface area contributed by atoms with Crippen LogP contribution >= 0.6 is 0 Å². The van der Waals surface area contributed by atoms with E-state index < -0.39 is 0 Å². The molecule has 1 aliphatic heterocycles. The van der Waals surface area contributed by atoms with E-state index in [1.54, 1.807) is 30.6 Å². The molecule has 0 saturated carbocycles. The zero-order chi connectivity index (χ0) is 22.6. The molecule has 0 spiro atoms. The second-order valence-corrected chi connectivity index (χ2v) is 7.62.